The number of benzene rings is 2. The fourth-order valence-electron chi connectivity index (χ4n) is 3.54. The van der Waals surface area contributed by atoms with Crippen LogP contribution >= 0.6 is 0 Å². The van der Waals surface area contributed by atoms with Gasteiger partial charge in [0.05, 0.1) is 11.3 Å². The Balaban J connectivity index is 1.33. The third kappa shape index (κ3) is 3.72. The van der Waals surface area contributed by atoms with Gasteiger partial charge in [0.1, 0.15) is 18.5 Å². The normalized spacial score (nSPS) is 19.0. The Labute approximate surface area is 162 Å². The number of nitriles is 1. The maximum absolute atomic E-state index is 13.3. The number of nitrogens with zero attached hydrogens (tertiary/aromatic N) is 2. The van der Waals surface area contributed by atoms with E-state index in [2.05, 4.69) is 5.32 Å². The number of hydrogen-bond acceptors (Lipinski definition) is 5. The molecule has 1 atom stereocenters. The Hall–Kier alpha value is -3.27. The molecule has 1 saturated heterocycles. The van der Waals surface area contributed by atoms with Gasteiger partial charge in [-0.25, -0.2) is 4.39 Å². The van der Waals surface area contributed by atoms with Crippen LogP contribution in [0.25, 0.3) is 0 Å². The molecule has 2 aliphatic heterocycles. The van der Waals surface area contributed by atoms with E-state index in [4.69, 9.17) is 14.7 Å². The highest BCUT2D eigenvalue weighted by molar-refractivity contribution is 5.82. The van der Waals surface area contributed by atoms with Gasteiger partial charge in [-0.15, -0.1) is 0 Å². The lowest BCUT2D eigenvalue weighted by atomic mass is 10.0. The number of piperidine rings is 1. The van der Waals surface area contributed by atoms with Gasteiger partial charge in [0, 0.05) is 19.1 Å². The Bertz CT molecular complexity index is 919. The first-order chi connectivity index (χ1) is 13.6. The van der Waals surface area contributed by atoms with E-state index in [1.165, 1.54) is 12.1 Å². The third-order valence-corrected chi connectivity index (χ3v) is 5.05. The van der Waals surface area contributed by atoms with Gasteiger partial charge in [-0.05, 0) is 43.2 Å². The van der Waals surface area contributed by atoms with Crippen molar-refractivity contribution in [2.24, 2.45) is 0 Å². The largest absolute Gasteiger partial charge is 0.485 e. The number of para-hydroxylation sites is 2. The van der Waals surface area contributed by atoms with Crippen molar-refractivity contribution in [2.75, 3.05) is 25.0 Å². The number of likely N-dealkylation sites (tertiary alicyclic amines) is 1. The van der Waals surface area contributed by atoms with Gasteiger partial charge in [-0.1, -0.05) is 12.1 Å². The molecule has 0 aromatic heterocycles. The zero-order valence-electron chi connectivity index (χ0n) is 15.2. The van der Waals surface area contributed by atoms with E-state index in [0.29, 0.717) is 30.3 Å². The molecule has 6 nitrogen and oxygen atoms in total. The van der Waals surface area contributed by atoms with Crippen LogP contribution in [0.3, 0.4) is 0 Å². The lowest BCUT2D eigenvalue weighted by Crippen LogP contribution is -2.50. The second kappa shape index (κ2) is 7.77. The van der Waals surface area contributed by atoms with Crippen LogP contribution in [0.4, 0.5) is 10.1 Å². The molecule has 1 amide bonds. The summed E-state index contributed by atoms with van der Waals surface area (Å²) in [5.74, 6) is 0.734. The van der Waals surface area contributed by atoms with Crippen molar-refractivity contribution in [2.45, 2.75) is 25.0 Å². The van der Waals surface area contributed by atoms with Crippen molar-refractivity contribution < 1.29 is 18.7 Å². The number of nitrogens with one attached hydrogen (secondary N) is 1. The summed E-state index contributed by atoms with van der Waals surface area (Å²) in [6.45, 7) is 1.37. The number of anilines is 1. The fourth-order valence-corrected chi connectivity index (χ4v) is 3.54. The summed E-state index contributed by atoms with van der Waals surface area (Å²) in [5.41, 5.74) is 0.902. The molecule has 1 fully saturated rings. The van der Waals surface area contributed by atoms with Crippen LogP contribution in [0.5, 0.6) is 11.5 Å². The maximum Gasteiger partial charge on any atom is 0.267 e. The molecule has 1 unspecified atom stereocenters. The van der Waals surface area contributed by atoms with E-state index in [9.17, 15) is 9.18 Å². The second-order valence-electron chi connectivity index (χ2n) is 6.91. The minimum atomic E-state index is -0.637. The minimum Gasteiger partial charge on any atom is -0.485 e. The van der Waals surface area contributed by atoms with Gasteiger partial charge in [0.25, 0.3) is 5.91 Å². The number of amides is 1. The number of halogens is 1. The van der Waals surface area contributed by atoms with Gasteiger partial charge in [-0.3, -0.25) is 4.79 Å². The molecule has 28 heavy (non-hydrogen) atoms. The summed E-state index contributed by atoms with van der Waals surface area (Å²) in [7, 11) is 0. The SMILES string of the molecule is N#Cc1cc(F)ccc1NC1CCN(C(=O)C2COc3ccccc3O2)CC1. The van der Waals surface area contributed by atoms with E-state index in [1.807, 2.05) is 24.3 Å². The number of rotatable bonds is 3. The Morgan fingerprint density at radius 1 is 1.18 bits per heavy atom. The number of ether oxygens (including phenoxy) is 2. The molecule has 0 radical (unpaired) electrons. The van der Waals surface area contributed by atoms with E-state index >= 15 is 0 Å². The highest BCUT2D eigenvalue weighted by Crippen LogP contribution is 2.31. The zero-order chi connectivity index (χ0) is 19.5. The first-order valence-electron chi connectivity index (χ1n) is 9.27. The number of fused-ring (bicyclic) bond motifs is 1. The highest BCUT2D eigenvalue weighted by atomic mass is 19.1. The summed E-state index contributed by atoms with van der Waals surface area (Å²) < 4.78 is 24.7. The Morgan fingerprint density at radius 2 is 1.93 bits per heavy atom. The maximum atomic E-state index is 13.3. The average Bonchev–Trinajstić information content (AvgIpc) is 2.74. The molecule has 0 spiro atoms. The van der Waals surface area contributed by atoms with Crippen LogP contribution in [0.15, 0.2) is 42.5 Å². The fraction of sp³-hybridized carbons (Fsp3) is 0.333. The summed E-state index contributed by atoms with van der Waals surface area (Å²) in [6.07, 6.45) is 0.831. The summed E-state index contributed by atoms with van der Waals surface area (Å²) in [6, 6.07) is 13.6. The van der Waals surface area contributed by atoms with Crippen LogP contribution in [0, 0.1) is 17.1 Å². The standard InChI is InChI=1S/C21H20FN3O3/c22-15-5-6-17(14(11-15)12-23)24-16-7-9-25(10-8-16)21(26)20-13-27-18-3-1-2-4-19(18)28-20/h1-6,11,16,20,24H,7-10,13H2. The van der Waals surface area contributed by atoms with E-state index in [0.717, 1.165) is 12.8 Å². The Kier molecular flexibility index (Phi) is 5.02. The van der Waals surface area contributed by atoms with Gasteiger partial charge in [0.15, 0.2) is 11.5 Å². The van der Waals surface area contributed by atoms with Gasteiger partial charge in [0.2, 0.25) is 6.10 Å². The second-order valence-corrected chi connectivity index (χ2v) is 6.91. The van der Waals surface area contributed by atoms with Gasteiger partial charge in [-0.2, -0.15) is 5.26 Å². The van der Waals surface area contributed by atoms with Crippen molar-refractivity contribution in [3.05, 3.63) is 53.8 Å². The number of carbonyl (C=O) groups is 1. The van der Waals surface area contributed by atoms with E-state index < -0.39 is 11.9 Å². The zero-order valence-corrected chi connectivity index (χ0v) is 15.2. The van der Waals surface area contributed by atoms with Crippen molar-refractivity contribution >= 4 is 11.6 Å². The van der Waals surface area contributed by atoms with Crippen molar-refractivity contribution in [1.82, 2.24) is 4.90 Å². The molecule has 2 heterocycles. The number of carbonyl (C=O) groups excluding carboxylic acids is 1. The Morgan fingerprint density at radius 3 is 2.68 bits per heavy atom. The van der Waals surface area contributed by atoms with Crippen molar-refractivity contribution in [3.8, 4) is 17.6 Å². The lowest BCUT2D eigenvalue weighted by Gasteiger charge is -2.36. The van der Waals surface area contributed by atoms with E-state index in [1.54, 1.807) is 17.0 Å². The van der Waals surface area contributed by atoms with Crippen LogP contribution in [0.1, 0.15) is 18.4 Å². The van der Waals surface area contributed by atoms with Crippen LogP contribution < -0.4 is 14.8 Å². The quantitative estimate of drug-likeness (QED) is 0.885. The third-order valence-electron chi connectivity index (χ3n) is 5.05. The molecule has 2 aromatic rings. The van der Waals surface area contributed by atoms with Crippen molar-refractivity contribution in [1.29, 1.82) is 5.26 Å². The first-order valence-corrected chi connectivity index (χ1v) is 9.27. The summed E-state index contributed by atoms with van der Waals surface area (Å²) >= 11 is 0. The average molecular weight is 381 g/mol. The molecule has 1 N–H and O–H groups in total. The van der Waals surface area contributed by atoms with Gasteiger partial charge >= 0.3 is 0 Å². The van der Waals surface area contributed by atoms with Crippen LogP contribution in [0.2, 0.25) is 0 Å². The monoisotopic (exact) mass is 381 g/mol. The molecule has 0 aliphatic carbocycles. The predicted molar refractivity (Wildman–Crippen MR) is 101 cm³/mol. The molecule has 2 aromatic carbocycles. The smallest absolute Gasteiger partial charge is 0.267 e. The topological polar surface area (TPSA) is 74.6 Å². The highest BCUT2D eigenvalue weighted by Gasteiger charge is 2.33. The molecule has 0 bridgehead atoms. The molecule has 7 heteroatoms. The molecule has 4 rings (SSSR count). The summed E-state index contributed by atoms with van der Waals surface area (Å²) in [4.78, 5) is 14.6. The lowest BCUT2D eigenvalue weighted by molar-refractivity contribution is -0.142. The molecule has 144 valence electrons. The van der Waals surface area contributed by atoms with Crippen LogP contribution in [-0.2, 0) is 4.79 Å². The van der Waals surface area contributed by atoms with E-state index in [-0.39, 0.29) is 24.1 Å². The van der Waals surface area contributed by atoms with Crippen molar-refractivity contribution in [3.63, 3.8) is 0 Å². The first kappa shape index (κ1) is 18.1. The molecule has 0 saturated carbocycles. The van der Waals surface area contributed by atoms with Gasteiger partial charge < -0.3 is 19.7 Å². The minimum absolute atomic E-state index is 0.0764. The van der Waals surface area contributed by atoms with Crippen LogP contribution in [-0.4, -0.2) is 42.6 Å². The molecular formula is C21H20FN3O3. The summed E-state index contributed by atoms with van der Waals surface area (Å²) in [5, 5.41) is 12.5. The number of hydrogen-bond donors (Lipinski definition) is 1. The molecule has 2 aliphatic rings. The molecular weight excluding hydrogens is 361 g/mol. The predicted octanol–water partition coefficient (Wildman–Crippen LogP) is 2.94.